The van der Waals surface area contributed by atoms with Crippen LogP contribution < -0.4 is 4.74 Å². The molecule has 0 aliphatic rings. The Labute approximate surface area is 157 Å². The Balaban J connectivity index is 2.74. The van der Waals surface area contributed by atoms with E-state index in [4.69, 9.17) is 14.7 Å². The van der Waals surface area contributed by atoms with Crippen LogP contribution in [-0.2, 0) is 10.8 Å². The minimum Gasteiger partial charge on any atom is -0.472 e. The highest BCUT2D eigenvalue weighted by atomic mass is 16.5. The van der Waals surface area contributed by atoms with E-state index in [1.54, 1.807) is 6.08 Å². The molecule has 0 saturated heterocycles. The predicted molar refractivity (Wildman–Crippen MR) is 111 cm³/mol. The summed E-state index contributed by atoms with van der Waals surface area (Å²) in [4.78, 5) is 9.96. The van der Waals surface area contributed by atoms with Crippen molar-refractivity contribution in [2.45, 2.75) is 52.4 Å². The fourth-order valence-electron chi connectivity index (χ4n) is 2.65. The van der Waals surface area contributed by atoms with Crippen molar-refractivity contribution in [1.82, 2.24) is 9.97 Å². The Kier molecular flexibility index (Phi) is 5.70. The second-order valence-corrected chi connectivity index (χ2v) is 8.50. The van der Waals surface area contributed by atoms with Gasteiger partial charge < -0.3 is 4.74 Å². The highest BCUT2D eigenvalue weighted by Gasteiger charge is 2.29. The monoisotopic (exact) mass is 350 g/mol. The minimum atomic E-state index is -0.185. The van der Waals surface area contributed by atoms with Crippen molar-refractivity contribution >= 4 is 6.08 Å². The molecule has 0 radical (unpaired) electrons. The van der Waals surface area contributed by atoms with Crippen molar-refractivity contribution in [3.63, 3.8) is 0 Å². The Morgan fingerprint density at radius 2 is 1.46 bits per heavy atom. The molecule has 0 atom stereocenters. The van der Waals surface area contributed by atoms with Crippen molar-refractivity contribution in [2.75, 3.05) is 6.61 Å². The van der Waals surface area contributed by atoms with Crippen LogP contribution in [0.3, 0.4) is 0 Å². The van der Waals surface area contributed by atoms with Gasteiger partial charge in [0.15, 0.2) is 0 Å². The lowest BCUT2D eigenvalue weighted by molar-refractivity contribution is 0.328. The van der Waals surface area contributed by atoms with E-state index in [0.29, 0.717) is 12.5 Å². The second-order valence-electron chi connectivity index (χ2n) is 8.50. The molecule has 0 amide bonds. The summed E-state index contributed by atoms with van der Waals surface area (Å²) in [7, 11) is 0. The first-order chi connectivity index (χ1) is 12.1. The third kappa shape index (κ3) is 4.40. The number of rotatable bonds is 5. The molecule has 3 nitrogen and oxygen atoms in total. The van der Waals surface area contributed by atoms with E-state index in [-0.39, 0.29) is 10.8 Å². The van der Waals surface area contributed by atoms with Gasteiger partial charge in [0.05, 0.1) is 11.4 Å². The minimum absolute atomic E-state index is 0.165. The van der Waals surface area contributed by atoms with Gasteiger partial charge in [0.1, 0.15) is 12.3 Å². The first-order valence-corrected chi connectivity index (χ1v) is 8.97. The third-order valence-electron chi connectivity index (χ3n) is 4.04. The smallest absolute Gasteiger partial charge is 0.236 e. The van der Waals surface area contributed by atoms with Gasteiger partial charge in [-0.25, -0.2) is 9.97 Å². The summed E-state index contributed by atoms with van der Waals surface area (Å²) in [5.74, 6) is 0.591. The van der Waals surface area contributed by atoms with E-state index in [0.717, 1.165) is 28.2 Å². The molecule has 0 fully saturated rings. The average molecular weight is 351 g/mol. The normalized spacial score (nSPS) is 11.9. The van der Waals surface area contributed by atoms with Gasteiger partial charge in [-0.15, -0.1) is 0 Å². The number of aromatic nitrogens is 2. The molecular weight excluding hydrogens is 320 g/mol. The van der Waals surface area contributed by atoms with Crippen LogP contribution in [0.15, 0.2) is 43.5 Å². The van der Waals surface area contributed by atoms with E-state index >= 15 is 0 Å². The molecule has 0 spiro atoms. The zero-order chi connectivity index (χ0) is 19.5. The summed E-state index contributed by atoms with van der Waals surface area (Å²) in [6, 6.07) is 8.25. The molecule has 1 aromatic carbocycles. The zero-order valence-corrected chi connectivity index (χ0v) is 16.9. The van der Waals surface area contributed by atoms with Crippen LogP contribution in [0, 0.1) is 0 Å². The second kappa shape index (κ2) is 7.45. The van der Waals surface area contributed by atoms with Gasteiger partial charge in [0, 0.05) is 16.4 Å². The summed E-state index contributed by atoms with van der Waals surface area (Å²) < 4.78 is 5.87. The summed E-state index contributed by atoms with van der Waals surface area (Å²) >= 11 is 0. The van der Waals surface area contributed by atoms with Crippen LogP contribution in [0.25, 0.3) is 17.3 Å². The molecule has 0 saturated carbocycles. The Morgan fingerprint density at radius 1 is 0.885 bits per heavy atom. The maximum Gasteiger partial charge on any atom is 0.236 e. The first-order valence-electron chi connectivity index (χ1n) is 8.97. The van der Waals surface area contributed by atoms with Crippen molar-refractivity contribution < 1.29 is 4.74 Å². The zero-order valence-electron chi connectivity index (χ0n) is 16.9. The topological polar surface area (TPSA) is 35.0 Å². The van der Waals surface area contributed by atoms with Crippen molar-refractivity contribution in [3.8, 4) is 17.1 Å². The van der Waals surface area contributed by atoms with Crippen LogP contribution in [0.1, 0.15) is 58.5 Å². The third-order valence-corrected chi connectivity index (χ3v) is 4.04. The quantitative estimate of drug-likeness (QED) is 0.625. The van der Waals surface area contributed by atoms with E-state index in [1.165, 1.54) is 0 Å². The van der Waals surface area contributed by atoms with Crippen molar-refractivity contribution in [1.29, 1.82) is 0 Å². The molecule has 138 valence electrons. The molecule has 26 heavy (non-hydrogen) atoms. The summed E-state index contributed by atoms with van der Waals surface area (Å²) in [6.07, 6.45) is 3.57. The van der Waals surface area contributed by atoms with Gasteiger partial charge in [-0.05, 0) is 5.56 Å². The maximum atomic E-state index is 5.87. The van der Waals surface area contributed by atoms with Gasteiger partial charge in [0.25, 0.3) is 0 Å². The van der Waals surface area contributed by atoms with Crippen LogP contribution >= 0.6 is 0 Å². The molecular formula is C23H30N2O. The van der Waals surface area contributed by atoms with Gasteiger partial charge in [-0.1, -0.05) is 91.1 Å². The van der Waals surface area contributed by atoms with Gasteiger partial charge in [-0.2, -0.15) is 0 Å². The molecule has 0 aliphatic heterocycles. The van der Waals surface area contributed by atoms with Crippen LogP contribution in [0.5, 0.6) is 5.88 Å². The lowest BCUT2D eigenvalue weighted by Gasteiger charge is -2.27. The predicted octanol–water partition coefficient (Wildman–Crippen LogP) is 5.95. The van der Waals surface area contributed by atoms with Crippen molar-refractivity contribution in [3.05, 3.63) is 60.5 Å². The molecule has 0 unspecified atom stereocenters. The number of benzene rings is 1. The van der Waals surface area contributed by atoms with Gasteiger partial charge in [0.2, 0.25) is 5.88 Å². The number of hydrogen-bond donors (Lipinski definition) is 0. The van der Waals surface area contributed by atoms with E-state index < -0.39 is 0 Å². The largest absolute Gasteiger partial charge is 0.472 e. The average Bonchev–Trinajstić information content (AvgIpc) is 2.57. The number of ether oxygens (including phenoxy) is 1. The molecule has 1 aromatic heterocycles. The SMILES string of the molecule is C=CCOc1nc(C(C)(C)C)c(-c2ccc(C=C)cc2)nc1C(C)(C)C. The Morgan fingerprint density at radius 3 is 1.92 bits per heavy atom. The lowest BCUT2D eigenvalue weighted by atomic mass is 9.86. The molecule has 2 aromatic rings. The molecule has 0 bridgehead atoms. The molecule has 0 aliphatic carbocycles. The number of hydrogen-bond acceptors (Lipinski definition) is 3. The first kappa shape index (κ1) is 19.9. The highest BCUT2D eigenvalue weighted by molar-refractivity contribution is 5.66. The van der Waals surface area contributed by atoms with Crippen LogP contribution in [0.2, 0.25) is 0 Å². The van der Waals surface area contributed by atoms with E-state index in [2.05, 4.69) is 79.0 Å². The van der Waals surface area contributed by atoms with Crippen molar-refractivity contribution in [2.24, 2.45) is 0 Å². The molecule has 0 N–H and O–H groups in total. The highest BCUT2D eigenvalue weighted by Crippen LogP contribution is 2.36. The summed E-state index contributed by atoms with van der Waals surface area (Å²) in [6.45, 7) is 20.8. The lowest BCUT2D eigenvalue weighted by Crippen LogP contribution is -2.23. The molecule has 2 rings (SSSR count). The van der Waals surface area contributed by atoms with E-state index in [1.807, 2.05) is 6.08 Å². The maximum absolute atomic E-state index is 5.87. The molecule has 3 heteroatoms. The number of nitrogens with zero attached hydrogens (tertiary/aromatic N) is 2. The van der Waals surface area contributed by atoms with E-state index in [9.17, 15) is 0 Å². The summed E-state index contributed by atoms with van der Waals surface area (Å²) in [5, 5.41) is 0. The fraction of sp³-hybridized carbons (Fsp3) is 0.391. The standard InChI is InChI=1S/C23H30N2O/c1-9-15-26-21-20(23(6,7)8)24-18(19(25-21)22(3,4)5)17-13-11-16(10-2)12-14-17/h9-14H,1-2,15H2,3-8H3. The molecule has 1 heterocycles. The van der Waals surface area contributed by atoms with Crippen LogP contribution in [0.4, 0.5) is 0 Å². The van der Waals surface area contributed by atoms with Crippen LogP contribution in [-0.4, -0.2) is 16.6 Å². The Bertz CT molecular complexity index is 791. The van der Waals surface area contributed by atoms with Gasteiger partial charge in [-0.3, -0.25) is 0 Å². The fourth-order valence-corrected chi connectivity index (χ4v) is 2.65. The Hall–Kier alpha value is -2.42. The summed E-state index contributed by atoms with van der Waals surface area (Å²) in [5.41, 5.74) is 4.47. The van der Waals surface area contributed by atoms with Gasteiger partial charge >= 0.3 is 0 Å².